The molecule has 0 amide bonds. The van der Waals surface area contributed by atoms with Crippen molar-refractivity contribution in [2.45, 2.75) is 124 Å². The minimum Gasteiger partial charge on any atom is -0.311 e. The number of unbranched alkanes of at least 4 members (excludes halogenated alkanes) is 3. The summed E-state index contributed by atoms with van der Waals surface area (Å²) in [5.74, 6) is 0. The molecule has 0 saturated heterocycles. The highest BCUT2D eigenvalue weighted by molar-refractivity contribution is 5.88. The van der Waals surface area contributed by atoms with E-state index in [9.17, 15) is 0 Å². The lowest BCUT2D eigenvalue weighted by Gasteiger charge is -2.35. The summed E-state index contributed by atoms with van der Waals surface area (Å²) >= 11 is 0. The predicted octanol–water partition coefficient (Wildman–Crippen LogP) is 18.9. The molecule has 0 fully saturated rings. The summed E-state index contributed by atoms with van der Waals surface area (Å²) in [4.78, 5) is 4.84. The van der Waals surface area contributed by atoms with E-state index in [1.807, 2.05) is 0 Å². The molecule has 1 aliphatic rings. The maximum Gasteiger partial charge on any atom is 0.0713 e. The Morgan fingerprint density at radius 2 is 0.652 bits per heavy atom. The topological polar surface area (TPSA) is 6.48 Å². The molecular formula is C67H72N2. The first-order chi connectivity index (χ1) is 33.5. The second-order valence-corrected chi connectivity index (χ2v) is 20.7. The molecule has 9 rings (SSSR count). The quantitative estimate of drug-likeness (QED) is 0.0898. The van der Waals surface area contributed by atoms with Crippen LogP contribution in [0.3, 0.4) is 0 Å². The largest absolute Gasteiger partial charge is 0.311 e. The fourth-order valence-electron chi connectivity index (χ4n) is 10.6. The molecule has 0 unspecified atom stereocenters. The number of hydrogen-bond acceptors (Lipinski definition) is 2. The van der Waals surface area contributed by atoms with Gasteiger partial charge in [0.1, 0.15) is 0 Å². The van der Waals surface area contributed by atoms with Gasteiger partial charge in [-0.05, 0) is 186 Å². The van der Waals surface area contributed by atoms with Gasteiger partial charge < -0.3 is 9.80 Å². The van der Waals surface area contributed by atoms with Gasteiger partial charge in [-0.1, -0.05) is 181 Å². The van der Waals surface area contributed by atoms with Crippen LogP contribution in [0.5, 0.6) is 0 Å². The molecule has 0 heterocycles. The normalized spacial score (nSPS) is 12.7. The number of benzene rings is 8. The molecular weight excluding hydrogens is 833 g/mol. The lowest BCUT2D eigenvalue weighted by molar-refractivity contribution is 0.589. The summed E-state index contributed by atoms with van der Waals surface area (Å²) in [5.41, 5.74) is 22.4. The van der Waals surface area contributed by atoms with Gasteiger partial charge in [0.2, 0.25) is 0 Å². The minimum absolute atomic E-state index is 0.0547. The molecule has 0 atom stereocenters. The number of nitrogens with zero attached hydrogens (tertiary/aromatic N) is 2. The Morgan fingerprint density at radius 1 is 0.362 bits per heavy atom. The Labute approximate surface area is 414 Å². The Kier molecular flexibility index (Phi) is 14.1. The van der Waals surface area contributed by atoms with Crippen LogP contribution in [-0.2, 0) is 30.1 Å². The molecule has 0 aliphatic heterocycles. The van der Waals surface area contributed by atoms with Gasteiger partial charge in [-0.15, -0.1) is 0 Å². The summed E-state index contributed by atoms with van der Waals surface area (Å²) < 4.78 is 0. The maximum atomic E-state index is 2.44. The summed E-state index contributed by atoms with van der Waals surface area (Å²) in [7, 11) is 0. The molecule has 0 radical (unpaired) electrons. The summed E-state index contributed by atoms with van der Waals surface area (Å²) in [6.45, 7) is 18.2. The second-order valence-electron chi connectivity index (χ2n) is 20.7. The molecule has 0 bridgehead atoms. The minimum atomic E-state index is -0.489. The number of rotatable bonds is 17. The Hall–Kier alpha value is -6.64. The third-order valence-corrected chi connectivity index (χ3v) is 14.6. The molecule has 69 heavy (non-hydrogen) atoms. The van der Waals surface area contributed by atoms with Crippen molar-refractivity contribution in [2.24, 2.45) is 0 Å². The number of fused-ring (bicyclic) bond motifs is 3. The molecule has 0 saturated carbocycles. The van der Waals surface area contributed by atoms with E-state index in [0.717, 1.165) is 42.0 Å². The average Bonchev–Trinajstić information content (AvgIpc) is 3.65. The van der Waals surface area contributed by atoms with Crippen LogP contribution in [0.25, 0.3) is 11.1 Å². The molecule has 8 aromatic carbocycles. The monoisotopic (exact) mass is 905 g/mol. The van der Waals surface area contributed by atoms with Crippen molar-refractivity contribution >= 4 is 34.1 Å². The molecule has 1 aliphatic carbocycles. The first-order valence-electron chi connectivity index (χ1n) is 25.9. The van der Waals surface area contributed by atoms with Crippen LogP contribution in [0.4, 0.5) is 34.1 Å². The SMILES string of the molecule is CCCCc1ccc(N(c2ccc(CCCC)cc2)c2ccc(N(c3ccc(CCCC)cc3)c3ccc(C4(c5ccc(C(C)(C)C)cc5)c5cc(C)ccc5-c5ccc(C)cc54)cc3)cc2)cc1. The number of aryl methyl sites for hydroxylation is 5. The van der Waals surface area contributed by atoms with Crippen molar-refractivity contribution in [3.8, 4) is 11.1 Å². The number of hydrogen-bond donors (Lipinski definition) is 0. The molecule has 0 spiro atoms. The molecule has 350 valence electrons. The van der Waals surface area contributed by atoms with Gasteiger partial charge in [0.15, 0.2) is 0 Å². The van der Waals surface area contributed by atoms with E-state index in [2.05, 4.69) is 247 Å². The molecule has 2 nitrogen and oxygen atoms in total. The first kappa shape index (κ1) is 47.4. The standard InChI is InChI=1S/C67H72N2/c1-9-12-15-50-20-32-56(33-21-50)68(57-34-22-51(23-35-57)16-13-10-2)60-40-42-61(43-41-60)69(58-36-24-52(25-37-58)17-14-11-3)59-38-30-55(31-39-59)67(54-28-26-53(27-29-54)66(6,7)8)64-46-48(4)18-44-62(64)63-45-19-49(5)47-65(63)67/h18-47H,9-17H2,1-8H3. The zero-order valence-corrected chi connectivity index (χ0v) is 42.6. The highest BCUT2D eigenvalue weighted by atomic mass is 15.2. The van der Waals surface area contributed by atoms with Crippen LogP contribution < -0.4 is 9.80 Å². The van der Waals surface area contributed by atoms with Crippen LogP contribution in [0, 0.1) is 13.8 Å². The van der Waals surface area contributed by atoms with Crippen LogP contribution >= 0.6 is 0 Å². The molecule has 0 aromatic heterocycles. The van der Waals surface area contributed by atoms with Gasteiger partial charge in [-0.3, -0.25) is 0 Å². The van der Waals surface area contributed by atoms with E-state index in [0.29, 0.717) is 0 Å². The molecule has 8 aromatic rings. The second kappa shape index (κ2) is 20.5. The van der Waals surface area contributed by atoms with Crippen molar-refractivity contribution in [2.75, 3.05) is 9.80 Å². The van der Waals surface area contributed by atoms with Crippen LogP contribution in [0.1, 0.15) is 136 Å². The van der Waals surface area contributed by atoms with Crippen molar-refractivity contribution in [3.63, 3.8) is 0 Å². The van der Waals surface area contributed by atoms with Gasteiger partial charge in [-0.25, -0.2) is 0 Å². The summed E-state index contributed by atoms with van der Waals surface area (Å²) in [6, 6.07) is 70.1. The van der Waals surface area contributed by atoms with Gasteiger partial charge >= 0.3 is 0 Å². The van der Waals surface area contributed by atoms with E-state index in [-0.39, 0.29) is 5.41 Å². The summed E-state index contributed by atoms with van der Waals surface area (Å²) in [6.07, 6.45) is 10.5. The van der Waals surface area contributed by atoms with Crippen LogP contribution in [0.15, 0.2) is 182 Å². The highest BCUT2D eigenvalue weighted by Gasteiger charge is 2.46. The summed E-state index contributed by atoms with van der Waals surface area (Å²) in [5, 5.41) is 0. The number of anilines is 6. The smallest absolute Gasteiger partial charge is 0.0713 e. The van der Waals surface area contributed by atoms with Crippen LogP contribution in [-0.4, -0.2) is 0 Å². The van der Waals surface area contributed by atoms with Crippen molar-refractivity contribution in [3.05, 3.63) is 238 Å². The fraction of sp³-hybridized carbons (Fsp3) is 0.284. The van der Waals surface area contributed by atoms with E-state index in [1.54, 1.807) is 0 Å². The molecule has 2 heteroatoms. The van der Waals surface area contributed by atoms with E-state index in [1.165, 1.54) is 117 Å². The Morgan fingerprint density at radius 3 is 0.957 bits per heavy atom. The lowest BCUT2D eigenvalue weighted by atomic mass is 9.67. The maximum absolute atomic E-state index is 2.44. The third-order valence-electron chi connectivity index (χ3n) is 14.6. The third kappa shape index (κ3) is 9.69. The zero-order chi connectivity index (χ0) is 48.1. The Balaban J connectivity index is 1.16. The van der Waals surface area contributed by atoms with E-state index < -0.39 is 5.41 Å². The highest BCUT2D eigenvalue weighted by Crippen LogP contribution is 2.57. The Bertz CT molecular complexity index is 2850. The van der Waals surface area contributed by atoms with Crippen molar-refractivity contribution < 1.29 is 0 Å². The fourth-order valence-corrected chi connectivity index (χ4v) is 10.6. The van der Waals surface area contributed by atoms with Crippen LogP contribution in [0.2, 0.25) is 0 Å². The average molecular weight is 905 g/mol. The van der Waals surface area contributed by atoms with Gasteiger partial charge in [0, 0.05) is 34.1 Å². The predicted molar refractivity (Wildman–Crippen MR) is 297 cm³/mol. The van der Waals surface area contributed by atoms with Gasteiger partial charge in [0.25, 0.3) is 0 Å². The van der Waals surface area contributed by atoms with Gasteiger partial charge in [-0.2, -0.15) is 0 Å². The van der Waals surface area contributed by atoms with Crippen molar-refractivity contribution in [1.82, 2.24) is 0 Å². The van der Waals surface area contributed by atoms with E-state index >= 15 is 0 Å². The first-order valence-corrected chi connectivity index (χ1v) is 25.9. The zero-order valence-electron chi connectivity index (χ0n) is 42.6. The van der Waals surface area contributed by atoms with E-state index in [4.69, 9.17) is 0 Å². The van der Waals surface area contributed by atoms with Crippen molar-refractivity contribution in [1.29, 1.82) is 0 Å². The van der Waals surface area contributed by atoms with Gasteiger partial charge in [0.05, 0.1) is 5.41 Å². The lowest BCUT2D eigenvalue weighted by Crippen LogP contribution is -2.29. The molecule has 0 N–H and O–H groups in total.